The summed E-state index contributed by atoms with van der Waals surface area (Å²) < 4.78 is 29.7. The summed E-state index contributed by atoms with van der Waals surface area (Å²) in [5.41, 5.74) is 1.47. The van der Waals surface area contributed by atoms with Crippen molar-refractivity contribution in [2.24, 2.45) is 0 Å². The third kappa shape index (κ3) is 2.05. The van der Waals surface area contributed by atoms with Crippen LogP contribution in [0.2, 0.25) is 0 Å². The Labute approximate surface area is 101 Å². The smallest absolute Gasteiger partial charge is 0.315 e. The third-order valence-electron chi connectivity index (χ3n) is 2.80. The number of rotatable bonds is 3. The van der Waals surface area contributed by atoms with Crippen molar-refractivity contribution in [3.8, 4) is 0 Å². The average Bonchev–Trinajstić information content (AvgIpc) is 3.09. The Balaban J connectivity index is 1.88. The van der Waals surface area contributed by atoms with Crippen LogP contribution >= 0.6 is 0 Å². The SMILES string of the molecule is O=C(Nc1ccc2oc(C3CC3)nc2c1)C(F)F. The zero-order valence-electron chi connectivity index (χ0n) is 9.32. The number of hydrogen-bond donors (Lipinski definition) is 1. The Morgan fingerprint density at radius 3 is 2.89 bits per heavy atom. The summed E-state index contributed by atoms with van der Waals surface area (Å²) >= 11 is 0. The van der Waals surface area contributed by atoms with Gasteiger partial charge in [-0.3, -0.25) is 4.79 Å². The Morgan fingerprint density at radius 2 is 2.22 bits per heavy atom. The fourth-order valence-corrected chi connectivity index (χ4v) is 1.72. The second-order valence-corrected chi connectivity index (χ2v) is 4.30. The standard InChI is InChI=1S/C12H10F2N2O2/c13-10(14)11(17)15-7-3-4-9-8(5-7)16-12(18-9)6-1-2-6/h3-6,10H,1-2H2,(H,15,17). The van der Waals surface area contributed by atoms with E-state index in [1.165, 1.54) is 12.1 Å². The maximum Gasteiger partial charge on any atom is 0.315 e. The molecule has 94 valence electrons. The van der Waals surface area contributed by atoms with Crippen LogP contribution in [0, 0.1) is 0 Å². The second kappa shape index (κ2) is 4.04. The molecule has 1 aliphatic carbocycles. The summed E-state index contributed by atoms with van der Waals surface area (Å²) in [6.07, 6.45) is -0.885. The first-order chi connectivity index (χ1) is 8.63. The predicted molar refractivity (Wildman–Crippen MR) is 60.6 cm³/mol. The molecule has 0 radical (unpaired) electrons. The molecule has 1 aromatic heterocycles. The molecular weight excluding hydrogens is 242 g/mol. The Kier molecular flexibility index (Phi) is 2.50. The lowest BCUT2D eigenvalue weighted by molar-refractivity contribution is -0.126. The highest BCUT2D eigenvalue weighted by Crippen LogP contribution is 2.40. The molecular formula is C12H10F2N2O2. The minimum Gasteiger partial charge on any atom is -0.440 e. The summed E-state index contributed by atoms with van der Waals surface area (Å²) in [5, 5.41) is 2.12. The van der Waals surface area contributed by atoms with E-state index in [1.54, 1.807) is 6.07 Å². The lowest BCUT2D eigenvalue weighted by atomic mass is 10.3. The lowest BCUT2D eigenvalue weighted by Gasteiger charge is -2.02. The van der Waals surface area contributed by atoms with Crippen molar-refractivity contribution in [3.05, 3.63) is 24.1 Å². The minimum atomic E-state index is -3.03. The van der Waals surface area contributed by atoms with Gasteiger partial charge in [0.05, 0.1) is 0 Å². The van der Waals surface area contributed by atoms with Crippen molar-refractivity contribution in [2.75, 3.05) is 5.32 Å². The molecule has 0 spiro atoms. The number of fused-ring (bicyclic) bond motifs is 1. The van der Waals surface area contributed by atoms with Crippen LogP contribution in [0.1, 0.15) is 24.7 Å². The Morgan fingerprint density at radius 1 is 1.44 bits per heavy atom. The van der Waals surface area contributed by atoms with Crippen molar-refractivity contribution in [3.63, 3.8) is 0 Å². The highest BCUT2D eigenvalue weighted by atomic mass is 19.3. The molecule has 0 saturated heterocycles. The number of benzene rings is 1. The van der Waals surface area contributed by atoms with E-state index >= 15 is 0 Å². The molecule has 18 heavy (non-hydrogen) atoms. The van der Waals surface area contributed by atoms with Gasteiger partial charge in [-0.1, -0.05) is 0 Å². The monoisotopic (exact) mass is 252 g/mol. The van der Waals surface area contributed by atoms with Gasteiger partial charge in [-0.25, -0.2) is 4.98 Å². The fourth-order valence-electron chi connectivity index (χ4n) is 1.72. The zero-order chi connectivity index (χ0) is 12.7. The molecule has 1 amide bonds. The average molecular weight is 252 g/mol. The van der Waals surface area contributed by atoms with E-state index in [0.29, 0.717) is 28.6 Å². The number of alkyl halides is 2. The van der Waals surface area contributed by atoms with E-state index < -0.39 is 12.3 Å². The lowest BCUT2D eigenvalue weighted by Crippen LogP contribution is -2.19. The fraction of sp³-hybridized carbons (Fsp3) is 0.333. The van der Waals surface area contributed by atoms with E-state index in [2.05, 4.69) is 10.3 Å². The Hall–Kier alpha value is -1.98. The molecule has 3 rings (SSSR count). The van der Waals surface area contributed by atoms with Crippen LogP contribution in [0.5, 0.6) is 0 Å². The number of carbonyl (C=O) groups excluding carboxylic acids is 1. The molecule has 1 saturated carbocycles. The van der Waals surface area contributed by atoms with Gasteiger partial charge in [0.2, 0.25) is 0 Å². The highest BCUT2D eigenvalue weighted by molar-refractivity contribution is 5.94. The molecule has 6 heteroatoms. The molecule has 4 nitrogen and oxygen atoms in total. The minimum absolute atomic E-state index is 0.295. The summed E-state index contributed by atoms with van der Waals surface area (Å²) in [4.78, 5) is 15.1. The van der Waals surface area contributed by atoms with Gasteiger partial charge >= 0.3 is 6.43 Å². The first-order valence-electron chi connectivity index (χ1n) is 5.63. The molecule has 2 aromatic rings. The number of oxazole rings is 1. The molecule has 0 unspecified atom stereocenters. The normalized spacial score (nSPS) is 15.3. The van der Waals surface area contributed by atoms with Crippen LogP contribution < -0.4 is 5.32 Å². The first kappa shape index (κ1) is 11.1. The van der Waals surface area contributed by atoms with Gasteiger partial charge in [0.15, 0.2) is 11.5 Å². The van der Waals surface area contributed by atoms with Gasteiger partial charge in [0.1, 0.15) is 5.52 Å². The maximum atomic E-state index is 12.1. The number of aromatic nitrogens is 1. The quantitative estimate of drug-likeness (QED) is 0.913. The maximum absolute atomic E-state index is 12.1. The summed E-state index contributed by atoms with van der Waals surface area (Å²) in [7, 11) is 0. The van der Waals surface area contributed by atoms with Crippen LogP contribution in [0.4, 0.5) is 14.5 Å². The van der Waals surface area contributed by atoms with Gasteiger partial charge in [0.25, 0.3) is 5.91 Å². The summed E-state index contributed by atoms with van der Waals surface area (Å²) in [5.74, 6) is -0.251. The van der Waals surface area contributed by atoms with Gasteiger partial charge < -0.3 is 9.73 Å². The van der Waals surface area contributed by atoms with Crippen molar-refractivity contribution < 1.29 is 18.0 Å². The molecule has 0 aliphatic heterocycles. The van der Waals surface area contributed by atoms with E-state index in [4.69, 9.17) is 4.42 Å². The van der Waals surface area contributed by atoms with E-state index in [0.717, 1.165) is 12.8 Å². The number of halogens is 2. The van der Waals surface area contributed by atoms with Crippen molar-refractivity contribution in [1.82, 2.24) is 4.98 Å². The van der Waals surface area contributed by atoms with Crippen LogP contribution in [-0.2, 0) is 4.79 Å². The molecule has 0 bridgehead atoms. The zero-order valence-corrected chi connectivity index (χ0v) is 9.32. The van der Waals surface area contributed by atoms with Crippen molar-refractivity contribution in [2.45, 2.75) is 25.2 Å². The largest absolute Gasteiger partial charge is 0.440 e. The van der Waals surface area contributed by atoms with Gasteiger partial charge in [-0.2, -0.15) is 8.78 Å². The van der Waals surface area contributed by atoms with Crippen LogP contribution in [-0.4, -0.2) is 17.3 Å². The highest BCUT2D eigenvalue weighted by Gasteiger charge is 2.28. The van der Waals surface area contributed by atoms with Crippen molar-refractivity contribution >= 4 is 22.7 Å². The molecule has 1 aromatic carbocycles. The number of hydrogen-bond acceptors (Lipinski definition) is 3. The van der Waals surface area contributed by atoms with Crippen LogP contribution in [0.25, 0.3) is 11.1 Å². The predicted octanol–water partition coefficient (Wildman–Crippen LogP) is 2.91. The van der Waals surface area contributed by atoms with Gasteiger partial charge in [-0.05, 0) is 31.0 Å². The first-order valence-corrected chi connectivity index (χ1v) is 5.63. The third-order valence-corrected chi connectivity index (χ3v) is 2.80. The van der Waals surface area contributed by atoms with Gasteiger partial charge in [-0.15, -0.1) is 0 Å². The molecule has 1 aliphatic rings. The Bertz CT molecular complexity index is 605. The topological polar surface area (TPSA) is 55.1 Å². The number of anilines is 1. The molecule has 1 N–H and O–H groups in total. The van der Waals surface area contributed by atoms with Crippen LogP contribution in [0.3, 0.4) is 0 Å². The number of amides is 1. The molecule has 1 fully saturated rings. The van der Waals surface area contributed by atoms with Crippen LogP contribution in [0.15, 0.2) is 22.6 Å². The summed E-state index contributed by atoms with van der Waals surface area (Å²) in [6, 6.07) is 4.67. The van der Waals surface area contributed by atoms with Gasteiger partial charge in [0, 0.05) is 11.6 Å². The van der Waals surface area contributed by atoms with E-state index in [1.807, 2.05) is 0 Å². The van der Waals surface area contributed by atoms with E-state index in [-0.39, 0.29) is 0 Å². The van der Waals surface area contributed by atoms with E-state index in [9.17, 15) is 13.6 Å². The number of carbonyl (C=O) groups is 1. The second-order valence-electron chi connectivity index (χ2n) is 4.30. The molecule has 1 heterocycles. The van der Waals surface area contributed by atoms with Crippen molar-refractivity contribution in [1.29, 1.82) is 0 Å². The summed E-state index contributed by atoms with van der Waals surface area (Å²) in [6.45, 7) is 0. The number of nitrogens with zero attached hydrogens (tertiary/aromatic N) is 1. The molecule has 0 atom stereocenters. The number of nitrogens with one attached hydrogen (secondary N) is 1.